The Balaban J connectivity index is 1.75. The van der Waals surface area contributed by atoms with Crippen LogP contribution in [-0.4, -0.2) is 45.9 Å². The molecule has 1 amide bonds. The van der Waals surface area contributed by atoms with Crippen molar-refractivity contribution >= 4 is 11.9 Å². The maximum atomic E-state index is 13.8. The number of nitrogens with one attached hydrogen (secondary N) is 1. The van der Waals surface area contributed by atoms with E-state index in [1.807, 2.05) is 49.4 Å². The summed E-state index contributed by atoms with van der Waals surface area (Å²) in [6.45, 7) is 8.32. The zero-order valence-electron chi connectivity index (χ0n) is 20.9. The lowest BCUT2D eigenvalue weighted by molar-refractivity contribution is -0.187. The Kier molecular flexibility index (Phi) is 7.82. The van der Waals surface area contributed by atoms with Crippen LogP contribution in [0.4, 0.5) is 0 Å². The molecule has 8 atom stereocenters. The first-order valence-electron chi connectivity index (χ1n) is 13.0. The fourth-order valence-corrected chi connectivity index (χ4v) is 6.30. The maximum Gasteiger partial charge on any atom is 0.306 e. The summed E-state index contributed by atoms with van der Waals surface area (Å²) in [5, 5.41) is 24.8. The van der Waals surface area contributed by atoms with Crippen LogP contribution in [0.5, 0.6) is 0 Å². The summed E-state index contributed by atoms with van der Waals surface area (Å²) >= 11 is 0. The number of carbonyl (C=O) groups excluding carboxylic acids is 2. The van der Waals surface area contributed by atoms with Crippen LogP contribution in [0.2, 0.25) is 0 Å². The van der Waals surface area contributed by atoms with Crippen molar-refractivity contribution in [2.75, 3.05) is 0 Å². The predicted molar refractivity (Wildman–Crippen MR) is 134 cm³/mol. The van der Waals surface area contributed by atoms with Gasteiger partial charge in [0.25, 0.3) is 5.91 Å². The standard InChI is InChI=1S/C29H39NO5/c1-18-9-7-13-22(31)15-16-25(32)35-29-23(14-8-10-18)27(33)20(3)19(2)26(29)24(30-28(29)34)17-21-11-5-4-6-12-21/h4-6,8,11-12,14,18-19,22-24,26-27,31,33H,3,7,9-10,13,15-17H2,1-2H3,(H,30,34)/b14-8-/t18-,19-,22+,23+,24-,26-,27+,29+/m1/s1. The first kappa shape index (κ1) is 25.6. The summed E-state index contributed by atoms with van der Waals surface area (Å²) in [5.74, 6) is -1.80. The van der Waals surface area contributed by atoms with Gasteiger partial charge in [0.15, 0.2) is 0 Å². The van der Waals surface area contributed by atoms with Gasteiger partial charge in [-0.2, -0.15) is 0 Å². The summed E-state index contributed by atoms with van der Waals surface area (Å²) in [4.78, 5) is 26.9. The minimum Gasteiger partial charge on any atom is -0.448 e. The lowest BCUT2D eigenvalue weighted by atomic mass is 9.59. The van der Waals surface area contributed by atoms with Gasteiger partial charge >= 0.3 is 5.97 Å². The van der Waals surface area contributed by atoms with E-state index in [4.69, 9.17) is 4.74 Å². The Hall–Kier alpha value is -2.44. The lowest BCUT2D eigenvalue weighted by Gasteiger charge is -2.49. The number of benzene rings is 1. The molecule has 4 rings (SSSR count). The van der Waals surface area contributed by atoms with Crippen molar-refractivity contribution < 1.29 is 24.5 Å². The maximum absolute atomic E-state index is 13.8. The highest BCUT2D eigenvalue weighted by Crippen LogP contribution is 2.52. The van der Waals surface area contributed by atoms with E-state index >= 15 is 0 Å². The molecule has 3 N–H and O–H groups in total. The molecule has 1 aromatic carbocycles. The summed E-state index contributed by atoms with van der Waals surface area (Å²) in [6, 6.07) is 9.66. The smallest absolute Gasteiger partial charge is 0.306 e. The van der Waals surface area contributed by atoms with Crippen molar-refractivity contribution in [1.82, 2.24) is 5.32 Å². The van der Waals surface area contributed by atoms with Gasteiger partial charge in [-0.1, -0.05) is 75.8 Å². The first-order valence-corrected chi connectivity index (χ1v) is 13.0. The highest BCUT2D eigenvalue weighted by atomic mass is 16.6. The third kappa shape index (κ3) is 5.10. The summed E-state index contributed by atoms with van der Waals surface area (Å²) in [5.41, 5.74) is 0.219. The molecule has 1 aliphatic carbocycles. The molecule has 2 heterocycles. The van der Waals surface area contributed by atoms with Gasteiger partial charge in [0.05, 0.1) is 18.1 Å². The molecule has 2 aliphatic heterocycles. The second-order valence-corrected chi connectivity index (χ2v) is 10.8. The van der Waals surface area contributed by atoms with Crippen LogP contribution in [0.15, 0.2) is 54.6 Å². The highest BCUT2D eigenvalue weighted by molar-refractivity contribution is 5.92. The van der Waals surface area contributed by atoms with Crippen LogP contribution in [-0.2, 0) is 20.7 Å². The molecular formula is C29H39NO5. The molecule has 190 valence electrons. The SMILES string of the molecule is C=C1[C@@H](C)[C@@H]2[C@@H](Cc3ccccc3)NC(=O)[C@@]23OC(=O)CC[C@@H](O)CCC[C@@H](C)C/C=C\[C@H]3[C@H]1O. The van der Waals surface area contributed by atoms with Crippen LogP contribution in [0.25, 0.3) is 0 Å². The van der Waals surface area contributed by atoms with Crippen molar-refractivity contribution in [3.8, 4) is 0 Å². The lowest BCUT2D eigenvalue weighted by Crippen LogP contribution is -2.61. The topological polar surface area (TPSA) is 95.9 Å². The van der Waals surface area contributed by atoms with Gasteiger partial charge in [-0.15, -0.1) is 0 Å². The number of hydrogen-bond donors (Lipinski definition) is 3. The fraction of sp³-hybridized carbons (Fsp3) is 0.586. The molecule has 0 bridgehead atoms. The van der Waals surface area contributed by atoms with E-state index in [1.54, 1.807) is 0 Å². The number of rotatable bonds is 2. The summed E-state index contributed by atoms with van der Waals surface area (Å²) < 4.78 is 6.14. The van der Waals surface area contributed by atoms with E-state index in [9.17, 15) is 19.8 Å². The first-order chi connectivity index (χ1) is 16.7. The van der Waals surface area contributed by atoms with Crippen LogP contribution in [0.1, 0.15) is 57.9 Å². The molecule has 0 radical (unpaired) electrons. The van der Waals surface area contributed by atoms with Crippen molar-refractivity contribution in [3.63, 3.8) is 0 Å². The molecule has 1 spiro atoms. The number of amides is 1. The van der Waals surface area contributed by atoms with Crippen molar-refractivity contribution in [2.45, 2.75) is 82.6 Å². The average Bonchev–Trinajstić information content (AvgIpc) is 3.09. The predicted octanol–water partition coefficient (Wildman–Crippen LogP) is 3.72. The van der Waals surface area contributed by atoms with Gasteiger partial charge in [-0.05, 0) is 48.7 Å². The number of allylic oxidation sites excluding steroid dienone is 1. The van der Waals surface area contributed by atoms with E-state index < -0.39 is 29.7 Å². The largest absolute Gasteiger partial charge is 0.448 e. The van der Waals surface area contributed by atoms with E-state index in [-0.39, 0.29) is 30.2 Å². The Bertz CT molecular complexity index is 959. The fourth-order valence-electron chi connectivity index (χ4n) is 6.30. The van der Waals surface area contributed by atoms with E-state index in [0.29, 0.717) is 30.8 Å². The number of esters is 1. The summed E-state index contributed by atoms with van der Waals surface area (Å²) in [6.07, 6.45) is 6.53. The molecule has 3 aliphatic rings. The molecule has 6 nitrogen and oxygen atoms in total. The second kappa shape index (κ2) is 10.7. The molecule has 1 saturated heterocycles. The van der Waals surface area contributed by atoms with Gasteiger partial charge in [0.1, 0.15) is 0 Å². The molecule has 35 heavy (non-hydrogen) atoms. The zero-order valence-corrected chi connectivity index (χ0v) is 20.9. The van der Waals surface area contributed by atoms with Gasteiger partial charge < -0.3 is 20.3 Å². The number of hydrogen-bond acceptors (Lipinski definition) is 5. The molecule has 1 saturated carbocycles. The third-order valence-electron chi connectivity index (χ3n) is 8.32. The quantitative estimate of drug-likeness (QED) is 0.442. The van der Waals surface area contributed by atoms with Crippen molar-refractivity contribution in [2.24, 2.45) is 23.7 Å². The zero-order chi connectivity index (χ0) is 25.2. The molecule has 6 heteroatoms. The van der Waals surface area contributed by atoms with Crippen molar-refractivity contribution in [1.29, 1.82) is 0 Å². The van der Waals surface area contributed by atoms with E-state index in [1.165, 1.54) is 0 Å². The second-order valence-electron chi connectivity index (χ2n) is 10.8. The number of aliphatic hydroxyl groups is 2. The minimum atomic E-state index is -1.52. The van der Waals surface area contributed by atoms with Crippen LogP contribution in [0, 0.1) is 23.7 Å². The Labute approximate surface area is 208 Å². The molecule has 0 unspecified atom stereocenters. The van der Waals surface area contributed by atoms with Crippen LogP contribution < -0.4 is 5.32 Å². The molecule has 0 aromatic heterocycles. The van der Waals surface area contributed by atoms with Gasteiger partial charge in [-0.3, -0.25) is 9.59 Å². The Morgan fingerprint density at radius 3 is 2.60 bits per heavy atom. The molecular weight excluding hydrogens is 442 g/mol. The Morgan fingerprint density at radius 2 is 1.86 bits per heavy atom. The average molecular weight is 482 g/mol. The molecule has 1 aromatic rings. The van der Waals surface area contributed by atoms with Gasteiger partial charge in [0, 0.05) is 18.4 Å². The van der Waals surface area contributed by atoms with E-state index in [0.717, 1.165) is 24.8 Å². The monoisotopic (exact) mass is 481 g/mol. The van der Waals surface area contributed by atoms with Gasteiger partial charge in [-0.25, -0.2) is 0 Å². The highest BCUT2D eigenvalue weighted by Gasteiger charge is 2.67. The van der Waals surface area contributed by atoms with E-state index in [2.05, 4.69) is 18.8 Å². The third-order valence-corrected chi connectivity index (χ3v) is 8.32. The Morgan fingerprint density at radius 1 is 1.11 bits per heavy atom. The normalized spacial score (nSPS) is 39.5. The summed E-state index contributed by atoms with van der Waals surface area (Å²) in [7, 11) is 0. The van der Waals surface area contributed by atoms with Crippen LogP contribution in [0.3, 0.4) is 0 Å². The van der Waals surface area contributed by atoms with Crippen LogP contribution >= 0.6 is 0 Å². The number of aliphatic hydroxyl groups excluding tert-OH is 2. The molecule has 2 fully saturated rings. The number of carbonyl (C=O) groups is 2. The minimum absolute atomic E-state index is 0.0314. The number of ether oxygens (including phenoxy) is 1. The van der Waals surface area contributed by atoms with Crippen molar-refractivity contribution in [3.05, 3.63) is 60.2 Å². The van der Waals surface area contributed by atoms with Gasteiger partial charge in [0.2, 0.25) is 5.60 Å².